The molecule has 2 amide bonds. The Hall–Kier alpha value is -2.09. The molecule has 1 unspecified atom stereocenters. The number of nitrogens with zero attached hydrogens (tertiary/aromatic N) is 2. The van der Waals surface area contributed by atoms with Crippen molar-refractivity contribution in [3.8, 4) is 0 Å². The van der Waals surface area contributed by atoms with Crippen molar-refractivity contribution in [2.75, 3.05) is 32.7 Å². The highest BCUT2D eigenvalue weighted by Crippen LogP contribution is 2.30. The number of amides is 2. The third kappa shape index (κ3) is 3.95. The van der Waals surface area contributed by atoms with Crippen LogP contribution in [0.1, 0.15) is 28.8 Å². The van der Waals surface area contributed by atoms with Crippen LogP contribution in [-0.2, 0) is 11.0 Å². The van der Waals surface area contributed by atoms with E-state index >= 15 is 0 Å². The molecule has 0 spiro atoms. The van der Waals surface area contributed by atoms with Gasteiger partial charge in [0.05, 0.1) is 12.1 Å². The predicted molar refractivity (Wildman–Crippen MR) is 85.0 cm³/mol. The van der Waals surface area contributed by atoms with Gasteiger partial charge < -0.3 is 15.1 Å². The molecular weight excluding hydrogens is 335 g/mol. The van der Waals surface area contributed by atoms with Gasteiger partial charge in [0, 0.05) is 37.8 Å². The monoisotopic (exact) mass is 355 g/mol. The lowest BCUT2D eigenvalue weighted by Crippen LogP contribution is -2.57. The van der Waals surface area contributed by atoms with Crippen LogP contribution in [0.2, 0.25) is 0 Å². The van der Waals surface area contributed by atoms with Crippen LogP contribution in [-0.4, -0.2) is 60.4 Å². The molecule has 1 atom stereocenters. The van der Waals surface area contributed by atoms with Crippen molar-refractivity contribution in [3.63, 3.8) is 0 Å². The maximum absolute atomic E-state index is 12.8. The third-order valence-corrected chi connectivity index (χ3v) is 4.69. The summed E-state index contributed by atoms with van der Waals surface area (Å²) in [4.78, 5) is 28.0. The summed E-state index contributed by atoms with van der Waals surface area (Å²) in [6.07, 6.45) is -2.95. The molecule has 5 nitrogen and oxygen atoms in total. The highest BCUT2D eigenvalue weighted by molar-refractivity contribution is 5.94. The third-order valence-electron chi connectivity index (χ3n) is 4.69. The minimum atomic E-state index is -4.48. The van der Waals surface area contributed by atoms with Gasteiger partial charge >= 0.3 is 6.18 Å². The van der Waals surface area contributed by atoms with E-state index in [-0.39, 0.29) is 24.1 Å². The zero-order valence-electron chi connectivity index (χ0n) is 13.7. The highest BCUT2D eigenvalue weighted by atomic mass is 19.4. The van der Waals surface area contributed by atoms with E-state index in [4.69, 9.17) is 0 Å². The average Bonchev–Trinajstić information content (AvgIpc) is 2.61. The largest absolute Gasteiger partial charge is 0.416 e. The second-order valence-corrected chi connectivity index (χ2v) is 6.39. The van der Waals surface area contributed by atoms with Crippen LogP contribution in [0, 0.1) is 0 Å². The average molecular weight is 355 g/mol. The first-order valence-corrected chi connectivity index (χ1v) is 8.33. The van der Waals surface area contributed by atoms with E-state index in [2.05, 4.69) is 5.32 Å². The zero-order chi connectivity index (χ0) is 18.0. The molecule has 1 aromatic rings. The number of alkyl halides is 3. The number of rotatable bonds is 2. The molecule has 0 saturated carbocycles. The molecule has 2 heterocycles. The van der Waals surface area contributed by atoms with Gasteiger partial charge in [0.1, 0.15) is 0 Å². The van der Waals surface area contributed by atoms with Crippen molar-refractivity contribution in [2.45, 2.75) is 25.1 Å². The van der Waals surface area contributed by atoms with Gasteiger partial charge in [0.25, 0.3) is 5.91 Å². The van der Waals surface area contributed by atoms with Gasteiger partial charge in [-0.25, -0.2) is 0 Å². The van der Waals surface area contributed by atoms with Crippen molar-refractivity contribution in [1.29, 1.82) is 0 Å². The lowest BCUT2D eigenvalue weighted by molar-refractivity contribution is -0.137. The summed E-state index contributed by atoms with van der Waals surface area (Å²) in [6.45, 7) is 2.45. The zero-order valence-corrected chi connectivity index (χ0v) is 13.7. The van der Waals surface area contributed by atoms with E-state index in [9.17, 15) is 22.8 Å². The molecule has 0 radical (unpaired) electrons. The van der Waals surface area contributed by atoms with Gasteiger partial charge in [0.15, 0.2) is 0 Å². The van der Waals surface area contributed by atoms with Crippen molar-refractivity contribution in [1.82, 2.24) is 15.1 Å². The molecule has 25 heavy (non-hydrogen) atoms. The standard InChI is InChI=1S/C17H20F3N3O2/c18-17(19,20)13-4-1-3-12(9-13)16(25)22-7-2-5-14(11-22)23-8-6-21-10-15(23)24/h1,3-4,9,14,21H,2,5-8,10-11H2. The lowest BCUT2D eigenvalue weighted by atomic mass is 10.0. The normalized spacial score (nSPS) is 22.2. The van der Waals surface area contributed by atoms with Crippen molar-refractivity contribution in [3.05, 3.63) is 35.4 Å². The summed E-state index contributed by atoms with van der Waals surface area (Å²) >= 11 is 0. The van der Waals surface area contributed by atoms with Crippen molar-refractivity contribution < 1.29 is 22.8 Å². The Morgan fingerprint density at radius 2 is 2.04 bits per heavy atom. The molecule has 0 aliphatic carbocycles. The first-order chi connectivity index (χ1) is 11.9. The topological polar surface area (TPSA) is 52.7 Å². The number of hydrogen-bond acceptors (Lipinski definition) is 3. The SMILES string of the molecule is O=C(c1cccc(C(F)(F)F)c1)N1CCCC(N2CCNCC2=O)C1. The van der Waals surface area contributed by atoms with E-state index in [1.807, 2.05) is 0 Å². The molecular formula is C17H20F3N3O2. The summed E-state index contributed by atoms with van der Waals surface area (Å²) in [5.74, 6) is -0.414. The summed E-state index contributed by atoms with van der Waals surface area (Å²) in [5, 5.41) is 3.01. The number of carbonyl (C=O) groups excluding carboxylic acids is 2. The molecule has 0 aromatic heterocycles. The molecule has 8 heteroatoms. The van der Waals surface area contributed by atoms with Crippen LogP contribution < -0.4 is 5.32 Å². The number of piperidine rings is 1. The molecule has 1 N–H and O–H groups in total. The number of benzene rings is 1. The Bertz CT molecular complexity index is 663. The maximum atomic E-state index is 12.8. The number of nitrogens with one attached hydrogen (secondary N) is 1. The van der Waals surface area contributed by atoms with Gasteiger partial charge in [-0.1, -0.05) is 6.07 Å². The van der Waals surface area contributed by atoms with Crippen LogP contribution >= 0.6 is 0 Å². The number of likely N-dealkylation sites (tertiary alicyclic amines) is 1. The second kappa shape index (κ2) is 7.03. The Balaban J connectivity index is 1.73. The number of piperazine rings is 1. The molecule has 136 valence electrons. The van der Waals surface area contributed by atoms with Crippen molar-refractivity contribution in [2.24, 2.45) is 0 Å². The Morgan fingerprint density at radius 1 is 1.24 bits per heavy atom. The molecule has 2 aliphatic rings. The predicted octanol–water partition coefficient (Wildman–Crippen LogP) is 1.74. The minimum absolute atomic E-state index is 0.00428. The summed E-state index contributed by atoms with van der Waals surface area (Å²) < 4.78 is 38.5. The minimum Gasteiger partial charge on any atom is -0.337 e. The molecule has 3 rings (SSSR count). The van der Waals surface area contributed by atoms with Gasteiger partial charge in [-0.05, 0) is 31.0 Å². The Kier molecular flexibility index (Phi) is 4.99. The van der Waals surface area contributed by atoms with Gasteiger partial charge in [-0.15, -0.1) is 0 Å². The first-order valence-electron chi connectivity index (χ1n) is 8.33. The summed E-state index contributed by atoms with van der Waals surface area (Å²) in [5.41, 5.74) is -0.800. The maximum Gasteiger partial charge on any atom is 0.416 e. The second-order valence-electron chi connectivity index (χ2n) is 6.39. The van der Waals surface area contributed by atoms with E-state index in [0.29, 0.717) is 26.2 Å². The number of carbonyl (C=O) groups is 2. The van der Waals surface area contributed by atoms with Crippen molar-refractivity contribution >= 4 is 11.8 Å². The van der Waals surface area contributed by atoms with E-state index in [1.165, 1.54) is 12.1 Å². The molecule has 2 saturated heterocycles. The highest BCUT2D eigenvalue weighted by Gasteiger charge is 2.34. The fourth-order valence-corrected chi connectivity index (χ4v) is 3.41. The smallest absolute Gasteiger partial charge is 0.337 e. The summed E-state index contributed by atoms with van der Waals surface area (Å²) in [6, 6.07) is 4.42. The van der Waals surface area contributed by atoms with Crippen LogP contribution in [0.5, 0.6) is 0 Å². The number of halogens is 3. The van der Waals surface area contributed by atoms with Crippen LogP contribution in [0.25, 0.3) is 0 Å². The Labute approximate surface area is 143 Å². The fourth-order valence-electron chi connectivity index (χ4n) is 3.41. The van der Waals surface area contributed by atoms with E-state index in [0.717, 1.165) is 25.0 Å². The molecule has 2 aliphatic heterocycles. The van der Waals surface area contributed by atoms with Gasteiger partial charge in [0.2, 0.25) is 5.91 Å². The van der Waals surface area contributed by atoms with Crippen LogP contribution in [0.3, 0.4) is 0 Å². The molecule has 2 fully saturated rings. The van der Waals surface area contributed by atoms with E-state index in [1.54, 1.807) is 9.80 Å². The molecule has 1 aromatic carbocycles. The fraction of sp³-hybridized carbons (Fsp3) is 0.529. The van der Waals surface area contributed by atoms with E-state index < -0.39 is 17.6 Å². The quantitative estimate of drug-likeness (QED) is 0.879. The molecule has 0 bridgehead atoms. The van der Waals surface area contributed by atoms with Gasteiger partial charge in [-0.2, -0.15) is 13.2 Å². The van der Waals surface area contributed by atoms with Gasteiger partial charge in [-0.3, -0.25) is 9.59 Å². The first kappa shape index (κ1) is 17.7. The summed E-state index contributed by atoms with van der Waals surface area (Å²) in [7, 11) is 0. The number of hydrogen-bond donors (Lipinski definition) is 1. The van der Waals surface area contributed by atoms with Crippen LogP contribution in [0.4, 0.5) is 13.2 Å². The Morgan fingerprint density at radius 3 is 2.76 bits per heavy atom. The van der Waals surface area contributed by atoms with Crippen LogP contribution in [0.15, 0.2) is 24.3 Å². The lowest BCUT2D eigenvalue weighted by Gasteiger charge is -2.41.